The summed E-state index contributed by atoms with van der Waals surface area (Å²) >= 11 is 0. The largest absolute Gasteiger partial charge is 0.377 e. The lowest BCUT2D eigenvalue weighted by molar-refractivity contribution is 0.0537. The van der Waals surface area contributed by atoms with Gasteiger partial charge in [0.05, 0.1) is 24.1 Å². The van der Waals surface area contributed by atoms with E-state index in [2.05, 4.69) is 15.5 Å². The molecule has 0 saturated carbocycles. The number of halogens is 3. The van der Waals surface area contributed by atoms with Crippen LogP contribution >= 0.6 is 12.4 Å². The monoisotopic (exact) mass is 277 g/mol. The fraction of sp³-hybridized carbons (Fsp3) is 0.400. The lowest BCUT2D eigenvalue weighted by atomic mass is 10.4. The standard InChI is InChI=1S/C10H13F2N5.ClH/c1-2-16-7-8(5-15-16)13-6-9-3-4-14-17(9)10(11)12;/h3-5,7,10,13H,2,6H2,1H3;1H. The van der Waals surface area contributed by atoms with Crippen LogP contribution in [-0.2, 0) is 13.1 Å². The van der Waals surface area contributed by atoms with Crippen LogP contribution in [0.25, 0.3) is 0 Å². The minimum atomic E-state index is -2.61. The summed E-state index contributed by atoms with van der Waals surface area (Å²) in [6.45, 7) is 0.430. The van der Waals surface area contributed by atoms with Crippen molar-refractivity contribution in [3.8, 4) is 0 Å². The van der Waals surface area contributed by atoms with Crippen molar-refractivity contribution in [2.24, 2.45) is 0 Å². The highest BCUT2D eigenvalue weighted by atomic mass is 35.5. The van der Waals surface area contributed by atoms with Gasteiger partial charge in [0.2, 0.25) is 0 Å². The van der Waals surface area contributed by atoms with E-state index in [1.807, 2.05) is 13.1 Å². The van der Waals surface area contributed by atoms with Crippen molar-refractivity contribution in [2.75, 3.05) is 5.32 Å². The third-order valence-corrected chi connectivity index (χ3v) is 2.37. The second kappa shape index (κ2) is 6.34. The fourth-order valence-corrected chi connectivity index (χ4v) is 1.48. The average molecular weight is 278 g/mol. The number of nitrogens with one attached hydrogen (secondary N) is 1. The first-order valence-electron chi connectivity index (χ1n) is 5.27. The molecule has 1 N–H and O–H groups in total. The lowest BCUT2D eigenvalue weighted by Crippen LogP contribution is -2.09. The van der Waals surface area contributed by atoms with Gasteiger partial charge >= 0.3 is 6.55 Å². The maximum atomic E-state index is 12.5. The van der Waals surface area contributed by atoms with Gasteiger partial charge in [-0.2, -0.15) is 19.0 Å². The highest BCUT2D eigenvalue weighted by Crippen LogP contribution is 2.13. The van der Waals surface area contributed by atoms with E-state index < -0.39 is 6.55 Å². The van der Waals surface area contributed by atoms with Crippen molar-refractivity contribution >= 4 is 18.1 Å². The lowest BCUT2D eigenvalue weighted by Gasteiger charge is -2.06. The Labute approximate surface area is 109 Å². The molecule has 2 heterocycles. The van der Waals surface area contributed by atoms with Crippen molar-refractivity contribution in [1.29, 1.82) is 0 Å². The first kappa shape index (κ1) is 14.4. The maximum Gasteiger partial charge on any atom is 0.333 e. The Morgan fingerprint density at radius 2 is 2.17 bits per heavy atom. The number of aromatic nitrogens is 4. The third-order valence-electron chi connectivity index (χ3n) is 2.37. The van der Waals surface area contributed by atoms with E-state index >= 15 is 0 Å². The van der Waals surface area contributed by atoms with Crippen LogP contribution in [0.15, 0.2) is 24.7 Å². The van der Waals surface area contributed by atoms with Crippen molar-refractivity contribution in [3.63, 3.8) is 0 Å². The number of aryl methyl sites for hydroxylation is 1. The average Bonchev–Trinajstić information content (AvgIpc) is 2.95. The van der Waals surface area contributed by atoms with Gasteiger partial charge in [-0.3, -0.25) is 4.68 Å². The van der Waals surface area contributed by atoms with Gasteiger partial charge in [0.25, 0.3) is 0 Å². The number of hydrogen-bond donors (Lipinski definition) is 1. The zero-order valence-electron chi connectivity index (χ0n) is 9.75. The van der Waals surface area contributed by atoms with Gasteiger partial charge < -0.3 is 5.32 Å². The summed E-state index contributed by atoms with van der Waals surface area (Å²) in [6, 6.07) is 1.56. The van der Waals surface area contributed by atoms with Crippen molar-refractivity contribution in [2.45, 2.75) is 26.6 Å². The fourth-order valence-electron chi connectivity index (χ4n) is 1.48. The van der Waals surface area contributed by atoms with Gasteiger partial charge in [0.15, 0.2) is 0 Å². The van der Waals surface area contributed by atoms with E-state index in [1.54, 1.807) is 16.9 Å². The van der Waals surface area contributed by atoms with Crippen molar-refractivity contribution < 1.29 is 8.78 Å². The molecule has 0 unspecified atom stereocenters. The predicted octanol–water partition coefficient (Wildman–Crippen LogP) is 2.53. The minimum absolute atomic E-state index is 0. The predicted molar refractivity (Wildman–Crippen MR) is 66.0 cm³/mol. The summed E-state index contributed by atoms with van der Waals surface area (Å²) in [5.41, 5.74) is 1.23. The molecule has 0 aliphatic rings. The quantitative estimate of drug-likeness (QED) is 0.914. The molecule has 2 rings (SSSR count). The number of hydrogen-bond acceptors (Lipinski definition) is 3. The SMILES string of the molecule is CCn1cc(NCc2ccnn2C(F)F)cn1.Cl. The summed E-state index contributed by atoms with van der Waals surface area (Å²) in [4.78, 5) is 0. The highest BCUT2D eigenvalue weighted by Gasteiger charge is 2.11. The van der Waals surface area contributed by atoms with Crippen LogP contribution < -0.4 is 5.32 Å². The second-order valence-corrected chi connectivity index (χ2v) is 3.48. The smallest absolute Gasteiger partial charge is 0.333 e. The summed E-state index contributed by atoms with van der Waals surface area (Å²) < 4.78 is 27.5. The van der Waals surface area contributed by atoms with Gasteiger partial charge in [-0.1, -0.05) is 0 Å². The van der Waals surface area contributed by atoms with Gasteiger partial charge in [-0.05, 0) is 13.0 Å². The first-order chi connectivity index (χ1) is 8.20. The Bertz CT molecular complexity index is 482. The molecular weight excluding hydrogens is 264 g/mol. The van der Waals surface area contributed by atoms with Crippen LogP contribution in [0.2, 0.25) is 0 Å². The number of nitrogens with zero attached hydrogens (tertiary/aromatic N) is 4. The molecule has 0 atom stereocenters. The molecule has 2 aromatic heterocycles. The maximum absolute atomic E-state index is 12.5. The summed E-state index contributed by atoms with van der Waals surface area (Å²) in [6.07, 6.45) is 4.84. The Morgan fingerprint density at radius 1 is 1.39 bits per heavy atom. The first-order valence-corrected chi connectivity index (χ1v) is 5.27. The zero-order valence-corrected chi connectivity index (χ0v) is 10.6. The van der Waals surface area contributed by atoms with Crippen LogP contribution in [0.4, 0.5) is 14.5 Å². The molecule has 0 saturated heterocycles. The van der Waals surface area contributed by atoms with E-state index in [-0.39, 0.29) is 12.4 Å². The molecule has 0 spiro atoms. The zero-order chi connectivity index (χ0) is 12.3. The Balaban J connectivity index is 0.00000162. The van der Waals surface area contributed by atoms with Gasteiger partial charge in [-0.15, -0.1) is 12.4 Å². The van der Waals surface area contributed by atoms with Crippen LogP contribution in [0.1, 0.15) is 19.2 Å². The molecule has 0 amide bonds. The van der Waals surface area contributed by atoms with Gasteiger partial charge in [0, 0.05) is 18.9 Å². The molecular formula is C10H14ClF2N5. The molecule has 100 valence electrons. The van der Waals surface area contributed by atoms with Gasteiger partial charge in [-0.25, -0.2) is 4.68 Å². The summed E-state index contributed by atoms with van der Waals surface area (Å²) in [7, 11) is 0. The van der Waals surface area contributed by atoms with Crippen LogP contribution in [0.5, 0.6) is 0 Å². The Kier molecular flexibility index (Phi) is 5.08. The molecule has 0 aliphatic heterocycles. The Hall–Kier alpha value is -1.63. The van der Waals surface area contributed by atoms with Crippen LogP contribution in [0.3, 0.4) is 0 Å². The molecule has 0 aliphatic carbocycles. The molecule has 5 nitrogen and oxygen atoms in total. The molecule has 2 aromatic rings. The van der Waals surface area contributed by atoms with E-state index in [0.29, 0.717) is 16.9 Å². The molecule has 0 radical (unpaired) electrons. The molecule has 0 aromatic carbocycles. The van der Waals surface area contributed by atoms with E-state index in [1.165, 1.54) is 6.20 Å². The second-order valence-electron chi connectivity index (χ2n) is 3.48. The van der Waals surface area contributed by atoms with Crippen molar-refractivity contribution in [3.05, 3.63) is 30.4 Å². The molecule has 0 fully saturated rings. The Morgan fingerprint density at radius 3 is 2.78 bits per heavy atom. The minimum Gasteiger partial charge on any atom is -0.377 e. The number of alkyl halides is 2. The summed E-state index contributed by atoms with van der Waals surface area (Å²) in [5, 5.41) is 10.7. The van der Waals surface area contributed by atoms with E-state index in [9.17, 15) is 8.78 Å². The van der Waals surface area contributed by atoms with Crippen LogP contribution in [0, 0.1) is 0 Å². The number of anilines is 1. The van der Waals surface area contributed by atoms with E-state index in [4.69, 9.17) is 0 Å². The van der Waals surface area contributed by atoms with Crippen LogP contribution in [-0.4, -0.2) is 19.6 Å². The molecule has 8 heteroatoms. The topological polar surface area (TPSA) is 47.7 Å². The molecule has 0 bridgehead atoms. The highest BCUT2D eigenvalue weighted by molar-refractivity contribution is 5.85. The van der Waals surface area contributed by atoms with Gasteiger partial charge in [0.1, 0.15) is 0 Å². The van der Waals surface area contributed by atoms with E-state index in [0.717, 1.165) is 12.2 Å². The number of rotatable bonds is 5. The normalized spacial score (nSPS) is 10.4. The third kappa shape index (κ3) is 3.19. The van der Waals surface area contributed by atoms with Crippen molar-refractivity contribution in [1.82, 2.24) is 19.6 Å². The summed E-state index contributed by atoms with van der Waals surface area (Å²) in [5.74, 6) is 0. The molecule has 18 heavy (non-hydrogen) atoms.